The number of carbonyl (C=O) groups excluding carboxylic acids is 2. The molecule has 2 amide bonds. The molecule has 0 saturated heterocycles. The number of benzene rings is 2. The summed E-state index contributed by atoms with van der Waals surface area (Å²) in [5.74, 6) is -2.13. The number of aromatic nitrogens is 2. The summed E-state index contributed by atoms with van der Waals surface area (Å²) in [6.45, 7) is 3.08. The van der Waals surface area contributed by atoms with E-state index in [0.717, 1.165) is 16.7 Å². The van der Waals surface area contributed by atoms with Crippen LogP contribution in [0.15, 0.2) is 42.5 Å². The van der Waals surface area contributed by atoms with Gasteiger partial charge in [-0.1, -0.05) is 48.0 Å². The van der Waals surface area contributed by atoms with Gasteiger partial charge in [0.2, 0.25) is 5.91 Å². The number of halogens is 1. The van der Waals surface area contributed by atoms with Crippen LogP contribution in [0.3, 0.4) is 0 Å². The highest BCUT2D eigenvalue weighted by atomic mass is 35.5. The highest BCUT2D eigenvalue weighted by Crippen LogP contribution is 2.31. The molecular weight excluding hydrogens is 432 g/mol. The van der Waals surface area contributed by atoms with E-state index >= 15 is 0 Å². The highest BCUT2D eigenvalue weighted by Gasteiger charge is 2.14. The summed E-state index contributed by atoms with van der Waals surface area (Å²) in [6, 6.07) is 12.7. The molecule has 164 valence electrons. The topological polar surface area (TPSA) is 135 Å². The summed E-state index contributed by atoms with van der Waals surface area (Å²) in [5, 5.41) is 11.4. The molecule has 1 heterocycles. The van der Waals surface area contributed by atoms with Gasteiger partial charge in [-0.05, 0) is 31.0 Å². The van der Waals surface area contributed by atoms with Gasteiger partial charge in [0.05, 0.1) is 23.5 Å². The normalized spacial score (nSPS) is 10.6. The molecule has 0 spiro atoms. The number of carbonyl (C=O) groups is 3. The minimum atomic E-state index is -1.10. The molecule has 0 aliphatic heterocycles. The Hall–Kier alpha value is -3.78. The van der Waals surface area contributed by atoms with Gasteiger partial charge in [-0.15, -0.1) is 0 Å². The number of aryl methyl sites for hydroxylation is 2. The molecule has 0 radical (unpaired) electrons. The molecule has 9 heteroatoms. The van der Waals surface area contributed by atoms with E-state index < -0.39 is 24.3 Å². The van der Waals surface area contributed by atoms with Crippen molar-refractivity contribution in [2.75, 3.05) is 6.54 Å². The number of hydrogen-bond acceptors (Lipinski definition) is 5. The molecular formula is C23H21ClN4O4. The summed E-state index contributed by atoms with van der Waals surface area (Å²) < 4.78 is 0. The highest BCUT2D eigenvalue weighted by molar-refractivity contribution is 6.33. The number of nitrogens with one attached hydrogen (secondary N) is 1. The second kappa shape index (κ2) is 9.57. The number of nitrogens with two attached hydrogens (primary N) is 1. The molecule has 4 N–H and O–H groups in total. The Kier molecular flexibility index (Phi) is 6.85. The Bertz CT molecular complexity index is 1210. The van der Waals surface area contributed by atoms with E-state index in [1.54, 1.807) is 25.1 Å². The summed E-state index contributed by atoms with van der Waals surface area (Å²) in [4.78, 5) is 42.7. The van der Waals surface area contributed by atoms with Crippen LogP contribution in [-0.2, 0) is 16.0 Å². The maximum atomic E-state index is 11.8. The lowest BCUT2D eigenvalue weighted by atomic mass is 10.00. The van der Waals surface area contributed by atoms with Gasteiger partial charge in [0.1, 0.15) is 12.2 Å². The van der Waals surface area contributed by atoms with Gasteiger partial charge in [-0.2, -0.15) is 0 Å². The van der Waals surface area contributed by atoms with E-state index in [9.17, 15) is 14.4 Å². The van der Waals surface area contributed by atoms with Crippen molar-refractivity contribution in [3.8, 4) is 22.4 Å². The van der Waals surface area contributed by atoms with Crippen LogP contribution in [-0.4, -0.2) is 39.4 Å². The third-order valence-electron chi connectivity index (χ3n) is 4.78. The number of amides is 2. The molecule has 0 atom stereocenters. The maximum Gasteiger partial charge on any atom is 0.322 e. The smallest absolute Gasteiger partial charge is 0.322 e. The van der Waals surface area contributed by atoms with Crippen LogP contribution < -0.4 is 11.1 Å². The first kappa shape index (κ1) is 22.9. The molecule has 3 rings (SSSR count). The molecule has 3 aromatic rings. The van der Waals surface area contributed by atoms with E-state index in [2.05, 4.69) is 15.3 Å². The van der Waals surface area contributed by atoms with Crippen LogP contribution in [0.25, 0.3) is 22.4 Å². The summed E-state index contributed by atoms with van der Waals surface area (Å²) in [7, 11) is 0. The van der Waals surface area contributed by atoms with E-state index in [4.69, 9.17) is 22.4 Å². The number of nitrogens with zero attached hydrogens (tertiary/aromatic N) is 2. The van der Waals surface area contributed by atoms with Gasteiger partial charge < -0.3 is 16.2 Å². The van der Waals surface area contributed by atoms with Crippen LogP contribution in [0, 0.1) is 13.8 Å². The molecule has 0 fully saturated rings. The molecule has 0 bridgehead atoms. The summed E-state index contributed by atoms with van der Waals surface area (Å²) in [6.07, 6.45) is 0.0276. The monoisotopic (exact) mass is 452 g/mol. The van der Waals surface area contributed by atoms with Gasteiger partial charge >= 0.3 is 5.97 Å². The minimum absolute atomic E-state index is 0.0276. The van der Waals surface area contributed by atoms with Gasteiger partial charge in [-0.25, -0.2) is 4.98 Å². The molecule has 1 aromatic heterocycles. The average molecular weight is 453 g/mol. The van der Waals surface area contributed by atoms with Crippen molar-refractivity contribution < 1.29 is 19.5 Å². The Morgan fingerprint density at radius 3 is 2.25 bits per heavy atom. The van der Waals surface area contributed by atoms with Crippen molar-refractivity contribution in [1.29, 1.82) is 0 Å². The van der Waals surface area contributed by atoms with Crippen LogP contribution in [0.5, 0.6) is 0 Å². The van der Waals surface area contributed by atoms with Gasteiger partial charge in [-0.3, -0.25) is 19.4 Å². The molecule has 0 saturated carbocycles. The first-order valence-corrected chi connectivity index (χ1v) is 10.1. The SMILES string of the molecule is Cc1nc(C)c(-c2ccc(-c3ccc(CC(=O)NCC(=O)O)cc3Cl)cc2)nc1C(N)=O. The van der Waals surface area contributed by atoms with Crippen molar-refractivity contribution in [3.05, 3.63) is 70.1 Å². The van der Waals surface area contributed by atoms with E-state index in [1.165, 1.54) is 0 Å². The maximum absolute atomic E-state index is 11.8. The van der Waals surface area contributed by atoms with Crippen molar-refractivity contribution >= 4 is 29.4 Å². The first-order chi connectivity index (χ1) is 15.2. The molecule has 0 aliphatic carbocycles. The number of rotatable bonds is 7. The van der Waals surface area contributed by atoms with E-state index in [1.807, 2.05) is 31.2 Å². The second-order valence-corrected chi connectivity index (χ2v) is 7.60. The van der Waals surface area contributed by atoms with Crippen molar-refractivity contribution in [1.82, 2.24) is 15.3 Å². The third-order valence-corrected chi connectivity index (χ3v) is 5.09. The number of aliphatic carboxylic acids is 1. The Morgan fingerprint density at radius 1 is 1.00 bits per heavy atom. The van der Waals surface area contributed by atoms with Gasteiger partial charge in [0.25, 0.3) is 5.91 Å². The Balaban J connectivity index is 1.82. The predicted octanol–water partition coefficient (Wildman–Crippen LogP) is 2.92. The Morgan fingerprint density at radius 2 is 1.66 bits per heavy atom. The fourth-order valence-electron chi connectivity index (χ4n) is 3.27. The van der Waals surface area contributed by atoms with Crippen LogP contribution in [0.2, 0.25) is 5.02 Å². The number of hydrogen-bond donors (Lipinski definition) is 3. The lowest BCUT2D eigenvalue weighted by Crippen LogP contribution is -2.30. The van der Waals surface area contributed by atoms with Crippen molar-refractivity contribution in [2.45, 2.75) is 20.3 Å². The lowest BCUT2D eigenvalue weighted by molar-refractivity contribution is -0.137. The zero-order valence-corrected chi connectivity index (χ0v) is 18.2. The number of carboxylic acid groups (broad SMARTS) is 1. The summed E-state index contributed by atoms with van der Waals surface area (Å²) in [5.41, 5.74) is 10.4. The average Bonchev–Trinajstić information content (AvgIpc) is 2.72. The fraction of sp³-hybridized carbons (Fsp3) is 0.174. The number of primary amides is 1. The molecule has 8 nitrogen and oxygen atoms in total. The van der Waals surface area contributed by atoms with Crippen LogP contribution in [0.4, 0.5) is 0 Å². The molecule has 32 heavy (non-hydrogen) atoms. The van der Waals surface area contributed by atoms with Crippen LogP contribution in [0.1, 0.15) is 27.4 Å². The lowest BCUT2D eigenvalue weighted by Gasteiger charge is -2.11. The van der Waals surface area contributed by atoms with Crippen molar-refractivity contribution in [2.24, 2.45) is 5.73 Å². The molecule has 0 aliphatic rings. The molecule has 2 aromatic carbocycles. The van der Waals surface area contributed by atoms with Crippen LogP contribution >= 0.6 is 11.6 Å². The number of carboxylic acids is 1. The quantitative estimate of drug-likeness (QED) is 0.504. The zero-order valence-electron chi connectivity index (χ0n) is 17.5. The van der Waals surface area contributed by atoms with Gasteiger partial charge in [0.15, 0.2) is 0 Å². The largest absolute Gasteiger partial charge is 0.480 e. The Labute approximate surface area is 189 Å². The van der Waals surface area contributed by atoms with Crippen molar-refractivity contribution in [3.63, 3.8) is 0 Å². The molecule has 0 unspecified atom stereocenters. The van der Waals surface area contributed by atoms with Gasteiger partial charge in [0, 0.05) is 16.1 Å². The zero-order chi connectivity index (χ0) is 23.4. The second-order valence-electron chi connectivity index (χ2n) is 7.19. The standard InChI is InChI=1S/C23H21ClN4O4/c1-12-21(28-22(23(25)32)13(2)27-12)16-6-4-15(5-7-16)17-8-3-14(9-18(17)24)10-19(29)26-11-20(30)31/h3-9H,10-11H2,1-2H3,(H2,25,32)(H,26,29)(H,30,31). The third kappa shape index (κ3) is 5.28. The first-order valence-electron chi connectivity index (χ1n) is 9.68. The van der Waals surface area contributed by atoms with E-state index in [-0.39, 0.29) is 12.1 Å². The fourth-order valence-corrected chi connectivity index (χ4v) is 3.58. The minimum Gasteiger partial charge on any atom is -0.480 e. The predicted molar refractivity (Wildman–Crippen MR) is 120 cm³/mol. The summed E-state index contributed by atoms with van der Waals surface area (Å²) >= 11 is 6.43. The van der Waals surface area contributed by atoms with E-state index in [0.29, 0.717) is 27.7 Å².